The lowest BCUT2D eigenvalue weighted by molar-refractivity contribution is -0.113. The molecule has 2 aromatic heterocycles. The molecule has 32 heavy (non-hydrogen) atoms. The Labute approximate surface area is 196 Å². The van der Waals surface area contributed by atoms with E-state index in [4.69, 9.17) is 11.6 Å². The fraction of sp³-hybridized carbons (Fsp3) is 0.167. The molecule has 1 amide bonds. The van der Waals surface area contributed by atoms with E-state index in [1.807, 2.05) is 73.9 Å². The van der Waals surface area contributed by atoms with Gasteiger partial charge in [-0.15, -0.1) is 10.2 Å². The zero-order chi connectivity index (χ0) is 22.7. The standard InChI is InChI=1S/C24H22ClN5OS/c1-15-7-8-20(16(2)13-15)27-22(31)14-32-24-29-28-23(18-9-11-26-12-10-18)30(24)21-6-4-5-19(25)17(21)3/h4-13H,14H2,1-3H3,(H,27,31). The number of carbonyl (C=O) groups is 1. The molecule has 0 saturated heterocycles. The van der Waals surface area contributed by atoms with Gasteiger partial charge in [-0.2, -0.15) is 0 Å². The Balaban J connectivity index is 1.63. The van der Waals surface area contributed by atoms with E-state index < -0.39 is 0 Å². The number of hydrogen-bond acceptors (Lipinski definition) is 5. The highest BCUT2D eigenvalue weighted by atomic mass is 35.5. The van der Waals surface area contributed by atoms with Gasteiger partial charge >= 0.3 is 0 Å². The van der Waals surface area contributed by atoms with Crippen molar-refractivity contribution in [3.05, 3.63) is 82.6 Å². The maximum Gasteiger partial charge on any atom is 0.234 e. The Morgan fingerprint density at radius 3 is 2.59 bits per heavy atom. The fourth-order valence-electron chi connectivity index (χ4n) is 3.38. The number of pyridine rings is 1. The molecule has 0 fully saturated rings. The number of rotatable bonds is 6. The Morgan fingerprint density at radius 2 is 1.84 bits per heavy atom. The summed E-state index contributed by atoms with van der Waals surface area (Å²) in [7, 11) is 0. The van der Waals surface area contributed by atoms with Gasteiger partial charge in [0.2, 0.25) is 5.91 Å². The van der Waals surface area contributed by atoms with Crippen LogP contribution < -0.4 is 5.32 Å². The second kappa shape index (κ2) is 9.54. The average molecular weight is 464 g/mol. The quantitative estimate of drug-likeness (QED) is 0.374. The number of benzene rings is 2. The fourth-order valence-corrected chi connectivity index (χ4v) is 4.29. The van der Waals surface area contributed by atoms with E-state index in [-0.39, 0.29) is 11.7 Å². The van der Waals surface area contributed by atoms with Gasteiger partial charge in [0.15, 0.2) is 11.0 Å². The van der Waals surface area contributed by atoms with Crippen LogP contribution in [0.5, 0.6) is 0 Å². The Bertz CT molecular complexity index is 1270. The number of aromatic nitrogens is 4. The Morgan fingerprint density at radius 1 is 1.06 bits per heavy atom. The van der Waals surface area contributed by atoms with Crippen LogP contribution in [0.4, 0.5) is 5.69 Å². The zero-order valence-corrected chi connectivity index (χ0v) is 19.5. The van der Waals surface area contributed by atoms with Gasteiger partial charge in [-0.05, 0) is 62.2 Å². The summed E-state index contributed by atoms with van der Waals surface area (Å²) in [4.78, 5) is 16.7. The first-order chi connectivity index (χ1) is 15.4. The predicted molar refractivity (Wildman–Crippen MR) is 130 cm³/mol. The van der Waals surface area contributed by atoms with Crippen molar-refractivity contribution in [2.75, 3.05) is 11.1 Å². The highest BCUT2D eigenvalue weighted by Gasteiger charge is 2.19. The summed E-state index contributed by atoms with van der Waals surface area (Å²) in [6.07, 6.45) is 3.42. The molecule has 2 heterocycles. The van der Waals surface area contributed by atoms with Gasteiger partial charge in [0.05, 0.1) is 11.4 Å². The lowest BCUT2D eigenvalue weighted by atomic mass is 10.1. The molecule has 0 aliphatic carbocycles. The van der Waals surface area contributed by atoms with Crippen molar-refractivity contribution in [1.29, 1.82) is 0 Å². The van der Waals surface area contributed by atoms with Crippen molar-refractivity contribution in [3.63, 3.8) is 0 Å². The van der Waals surface area contributed by atoms with Crippen LogP contribution in [-0.2, 0) is 4.79 Å². The monoisotopic (exact) mass is 463 g/mol. The van der Waals surface area contributed by atoms with E-state index in [2.05, 4.69) is 20.5 Å². The number of aryl methyl sites for hydroxylation is 2. The number of nitrogens with one attached hydrogen (secondary N) is 1. The molecule has 0 radical (unpaired) electrons. The van der Waals surface area contributed by atoms with E-state index >= 15 is 0 Å². The topological polar surface area (TPSA) is 72.7 Å². The lowest BCUT2D eigenvalue weighted by Crippen LogP contribution is -2.15. The molecule has 0 aliphatic heterocycles. The largest absolute Gasteiger partial charge is 0.325 e. The SMILES string of the molecule is Cc1ccc(NC(=O)CSc2nnc(-c3ccncc3)n2-c2cccc(Cl)c2C)c(C)c1. The smallest absolute Gasteiger partial charge is 0.234 e. The molecule has 0 spiro atoms. The summed E-state index contributed by atoms with van der Waals surface area (Å²) in [5.41, 5.74) is 5.64. The number of carbonyl (C=O) groups excluding carboxylic acids is 1. The van der Waals surface area contributed by atoms with E-state index in [1.165, 1.54) is 11.8 Å². The van der Waals surface area contributed by atoms with Gasteiger partial charge in [-0.3, -0.25) is 14.3 Å². The molecule has 0 saturated carbocycles. The predicted octanol–water partition coefficient (Wildman–Crippen LogP) is 5.64. The maximum absolute atomic E-state index is 12.6. The second-order valence-corrected chi connectivity index (χ2v) is 8.77. The van der Waals surface area contributed by atoms with Crippen LogP contribution in [-0.4, -0.2) is 31.4 Å². The summed E-state index contributed by atoms with van der Waals surface area (Å²) in [5.74, 6) is 0.751. The summed E-state index contributed by atoms with van der Waals surface area (Å²) in [6, 6.07) is 15.4. The molecule has 1 N–H and O–H groups in total. The van der Waals surface area contributed by atoms with Crippen molar-refractivity contribution in [3.8, 4) is 17.1 Å². The van der Waals surface area contributed by atoms with E-state index in [0.29, 0.717) is 16.0 Å². The maximum atomic E-state index is 12.6. The molecule has 8 heteroatoms. The highest BCUT2D eigenvalue weighted by Crippen LogP contribution is 2.31. The first kappa shape index (κ1) is 22.0. The number of anilines is 1. The Hall–Kier alpha value is -3.16. The van der Waals surface area contributed by atoms with Crippen LogP contribution in [0.15, 0.2) is 66.1 Å². The van der Waals surface area contributed by atoms with Crippen molar-refractivity contribution in [2.24, 2.45) is 0 Å². The molecule has 4 rings (SSSR count). The number of hydrogen-bond donors (Lipinski definition) is 1. The van der Waals surface area contributed by atoms with Gasteiger partial charge < -0.3 is 5.32 Å². The number of amides is 1. The van der Waals surface area contributed by atoms with Gasteiger partial charge in [0, 0.05) is 28.7 Å². The molecule has 0 bridgehead atoms. The minimum Gasteiger partial charge on any atom is -0.325 e. The van der Waals surface area contributed by atoms with Gasteiger partial charge in [-0.25, -0.2) is 0 Å². The molecule has 6 nitrogen and oxygen atoms in total. The third kappa shape index (κ3) is 4.69. The van der Waals surface area contributed by atoms with Gasteiger partial charge in [0.1, 0.15) is 0 Å². The van der Waals surface area contributed by atoms with Gasteiger partial charge in [-0.1, -0.05) is 47.1 Å². The normalized spacial score (nSPS) is 10.9. The zero-order valence-electron chi connectivity index (χ0n) is 18.0. The summed E-state index contributed by atoms with van der Waals surface area (Å²) < 4.78 is 1.94. The second-order valence-electron chi connectivity index (χ2n) is 7.42. The first-order valence-electron chi connectivity index (χ1n) is 10.0. The van der Waals surface area contributed by atoms with Crippen LogP contribution in [0.25, 0.3) is 17.1 Å². The first-order valence-corrected chi connectivity index (χ1v) is 11.4. The van der Waals surface area contributed by atoms with E-state index in [9.17, 15) is 4.79 Å². The number of halogens is 1. The number of thioether (sulfide) groups is 1. The summed E-state index contributed by atoms with van der Waals surface area (Å²) in [5, 5.41) is 13.0. The van der Waals surface area contributed by atoms with E-state index in [1.54, 1.807) is 12.4 Å². The lowest BCUT2D eigenvalue weighted by Gasteiger charge is -2.14. The van der Waals surface area contributed by atoms with Crippen molar-refractivity contribution < 1.29 is 4.79 Å². The highest BCUT2D eigenvalue weighted by molar-refractivity contribution is 7.99. The van der Waals surface area contributed by atoms with Gasteiger partial charge in [0.25, 0.3) is 0 Å². The minimum absolute atomic E-state index is 0.107. The van der Waals surface area contributed by atoms with Crippen LogP contribution >= 0.6 is 23.4 Å². The number of nitrogens with zero attached hydrogens (tertiary/aromatic N) is 4. The van der Waals surface area contributed by atoms with Crippen LogP contribution in [0, 0.1) is 20.8 Å². The third-order valence-electron chi connectivity index (χ3n) is 5.04. The molecular weight excluding hydrogens is 442 g/mol. The molecular formula is C24H22ClN5OS. The van der Waals surface area contributed by atoms with Crippen molar-refractivity contribution >= 4 is 35.0 Å². The molecule has 0 aliphatic rings. The third-order valence-corrected chi connectivity index (χ3v) is 6.38. The molecule has 4 aromatic rings. The molecule has 0 atom stereocenters. The van der Waals surface area contributed by atoms with Crippen LogP contribution in [0.1, 0.15) is 16.7 Å². The van der Waals surface area contributed by atoms with Crippen LogP contribution in [0.3, 0.4) is 0 Å². The summed E-state index contributed by atoms with van der Waals surface area (Å²) >= 11 is 7.72. The summed E-state index contributed by atoms with van der Waals surface area (Å²) in [6.45, 7) is 5.96. The molecule has 2 aromatic carbocycles. The minimum atomic E-state index is -0.107. The molecule has 0 unspecified atom stereocenters. The van der Waals surface area contributed by atoms with Crippen LogP contribution in [0.2, 0.25) is 5.02 Å². The average Bonchev–Trinajstić information content (AvgIpc) is 3.20. The van der Waals surface area contributed by atoms with Crippen molar-refractivity contribution in [2.45, 2.75) is 25.9 Å². The Kier molecular flexibility index (Phi) is 6.58. The van der Waals surface area contributed by atoms with E-state index in [0.717, 1.165) is 33.6 Å². The van der Waals surface area contributed by atoms with Crippen molar-refractivity contribution in [1.82, 2.24) is 19.7 Å². The molecule has 162 valence electrons.